The van der Waals surface area contributed by atoms with Gasteiger partial charge in [0, 0.05) is 20.0 Å². The largest absolute Gasteiger partial charge is 0.343 e. The van der Waals surface area contributed by atoms with Crippen molar-refractivity contribution in [2.24, 2.45) is 0 Å². The first kappa shape index (κ1) is 14.7. The number of aryl methyl sites for hydroxylation is 1. The van der Waals surface area contributed by atoms with Crippen LogP contribution in [0.15, 0.2) is 32.5 Å². The van der Waals surface area contributed by atoms with E-state index in [0.717, 1.165) is 19.6 Å². The maximum Gasteiger partial charge on any atom is 0.253 e. The zero-order valence-electron chi connectivity index (χ0n) is 10.4. The van der Waals surface area contributed by atoms with Crippen molar-refractivity contribution in [1.82, 2.24) is 10.3 Å². The summed E-state index contributed by atoms with van der Waals surface area (Å²) in [5.74, 6) is -0.117. The Morgan fingerprint density at radius 1 is 1.42 bits per heavy atom. The fraction of sp³-hybridized carbons (Fsp3) is 0.231. The lowest BCUT2D eigenvalue weighted by atomic mass is 10.2. The summed E-state index contributed by atoms with van der Waals surface area (Å²) < 4.78 is 1.65. The summed E-state index contributed by atoms with van der Waals surface area (Å²) in [5.41, 5.74) is 1.58. The van der Waals surface area contributed by atoms with E-state index < -0.39 is 0 Å². The Bertz CT molecular complexity index is 612. The van der Waals surface area contributed by atoms with E-state index in [-0.39, 0.29) is 11.9 Å². The van der Waals surface area contributed by atoms with Crippen molar-refractivity contribution < 1.29 is 4.79 Å². The van der Waals surface area contributed by atoms with E-state index in [9.17, 15) is 4.79 Å². The standard InChI is InChI=1S/C13H12Br2N2OS/c1-7-6-19-13(16-7)8(2)17-12(18)10-5-9(14)3-4-11(10)15/h3-6,8H,1-2H3,(H,17,18). The van der Waals surface area contributed by atoms with E-state index in [1.807, 2.05) is 31.4 Å². The van der Waals surface area contributed by atoms with Gasteiger partial charge in [-0.1, -0.05) is 15.9 Å². The molecule has 1 aromatic heterocycles. The lowest BCUT2D eigenvalue weighted by Crippen LogP contribution is -2.26. The molecule has 0 aliphatic carbocycles. The van der Waals surface area contributed by atoms with Crippen molar-refractivity contribution in [3.05, 3.63) is 48.8 Å². The topological polar surface area (TPSA) is 42.0 Å². The van der Waals surface area contributed by atoms with Crippen molar-refractivity contribution in [1.29, 1.82) is 0 Å². The molecule has 1 N–H and O–H groups in total. The zero-order valence-corrected chi connectivity index (χ0v) is 14.4. The van der Waals surface area contributed by atoms with Gasteiger partial charge in [0.1, 0.15) is 5.01 Å². The molecule has 0 fully saturated rings. The van der Waals surface area contributed by atoms with Gasteiger partial charge >= 0.3 is 0 Å². The number of nitrogens with one attached hydrogen (secondary N) is 1. The molecule has 0 saturated carbocycles. The fourth-order valence-corrected chi connectivity index (χ4v) is 3.17. The van der Waals surface area contributed by atoms with Crippen LogP contribution in [-0.4, -0.2) is 10.9 Å². The third-order valence-corrected chi connectivity index (χ3v) is 4.86. The maximum absolute atomic E-state index is 12.2. The normalized spacial score (nSPS) is 12.2. The second-order valence-electron chi connectivity index (χ2n) is 4.15. The monoisotopic (exact) mass is 402 g/mol. The SMILES string of the molecule is Cc1csc(C(C)NC(=O)c2cc(Br)ccc2Br)n1. The number of amides is 1. The summed E-state index contributed by atoms with van der Waals surface area (Å²) in [6, 6.07) is 5.42. The number of aromatic nitrogens is 1. The van der Waals surface area contributed by atoms with Crippen molar-refractivity contribution >= 4 is 49.1 Å². The van der Waals surface area contributed by atoms with Gasteiger partial charge in [0.05, 0.1) is 11.6 Å². The predicted molar refractivity (Wildman–Crippen MR) is 84.6 cm³/mol. The Balaban J connectivity index is 2.15. The van der Waals surface area contributed by atoms with Gasteiger partial charge < -0.3 is 5.32 Å². The average Bonchev–Trinajstić information content (AvgIpc) is 2.79. The van der Waals surface area contributed by atoms with Crippen molar-refractivity contribution in [2.75, 3.05) is 0 Å². The van der Waals surface area contributed by atoms with Crippen LogP contribution >= 0.6 is 43.2 Å². The molecule has 2 aromatic rings. The summed E-state index contributed by atoms with van der Waals surface area (Å²) in [7, 11) is 0. The van der Waals surface area contributed by atoms with Crippen LogP contribution in [0.1, 0.15) is 34.0 Å². The summed E-state index contributed by atoms with van der Waals surface area (Å²) in [6.45, 7) is 3.88. The van der Waals surface area contributed by atoms with Gasteiger partial charge in [-0.15, -0.1) is 11.3 Å². The minimum Gasteiger partial charge on any atom is -0.343 e. The Morgan fingerprint density at radius 3 is 2.79 bits per heavy atom. The van der Waals surface area contributed by atoms with E-state index in [2.05, 4.69) is 42.2 Å². The summed E-state index contributed by atoms with van der Waals surface area (Å²) in [6.07, 6.45) is 0. The highest BCUT2D eigenvalue weighted by molar-refractivity contribution is 9.11. The Morgan fingerprint density at radius 2 is 2.16 bits per heavy atom. The highest BCUT2D eigenvalue weighted by Crippen LogP contribution is 2.23. The van der Waals surface area contributed by atoms with Gasteiger partial charge in [0.2, 0.25) is 0 Å². The summed E-state index contributed by atoms with van der Waals surface area (Å²) in [5, 5.41) is 5.85. The number of halogens is 2. The smallest absolute Gasteiger partial charge is 0.253 e. The average molecular weight is 404 g/mol. The molecule has 0 radical (unpaired) electrons. The van der Waals surface area contributed by atoms with Crippen LogP contribution in [-0.2, 0) is 0 Å². The summed E-state index contributed by atoms with van der Waals surface area (Å²) in [4.78, 5) is 16.6. The molecule has 0 aliphatic rings. The molecule has 0 aliphatic heterocycles. The van der Waals surface area contributed by atoms with Crippen molar-refractivity contribution in [3.8, 4) is 0 Å². The van der Waals surface area contributed by atoms with Crippen molar-refractivity contribution in [3.63, 3.8) is 0 Å². The van der Waals surface area contributed by atoms with E-state index in [4.69, 9.17) is 0 Å². The maximum atomic E-state index is 12.2. The number of benzene rings is 1. The van der Waals surface area contributed by atoms with Crippen LogP contribution in [0.4, 0.5) is 0 Å². The molecule has 1 unspecified atom stereocenters. The molecular weight excluding hydrogens is 392 g/mol. The van der Waals surface area contributed by atoms with Crippen LogP contribution in [0, 0.1) is 6.92 Å². The summed E-state index contributed by atoms with van der Waals surface area (Å²) >= 11 is 8.31. The molecule has 3 nitrogen and oxygen atoms in total. The first-order valence-corrected chi connectivity index (χ1v) is 8.12. The number of rotatable bonds is 3. The third kappa shape index (κ3) is 3.64. The molecule has 6 heteroatoms. The van der Waals surface area contributed by atoms with Crippen LogP contribution in [0.3, 0.4) is 0 Å². The second-order valence-corrected chi connectivity index (χ2v) is 6.81. The number of carbonyl (C=O) groups excluding carboxylic acids is 1. The molecule has 1 heterocycles. The van der Waals surface area contributed by atoms with E-state index >= 15 is 0 Å². The predicted octanol–water partition coefficient (Wildman–Crippen LogP) is 4.47. The lowest BCUT2D eigenvalue weighted by Gasteiger charge is -2.12. The lowest BCUT2D eigenvalue weighted by molar-refractivity contribution is 0.0939. The van der Waals surface area contributed by atoms with E-state index in [1.54, 1.807) is 17.4 Å². The number of nitrogens with zero attached hydrogens (tertiary/aromatic N) is 1. The van der Waals surface area contributed by atoms with Gasteiger partial charge in [-0.3, -0.25) is 4.79 Å². The Labute approximate surface area is 132 Å². The molecular formula is C13H12Br2N2OS. The second kappa shape index (κ2) is 6.15. The molecule has 100 valence electrons. The van der Waals surface area contributed by atoms with Crippen LogP contribution in [0.25, 0.3) is 0 Å². The fourth-order valence-electron chi connectivity index (χ4n) is 1.58. The van der Waals surface area contributed by atoms with Crippen molar-refractivity contribution in [2.45, 2.75) is 19.9 Å². The highest BCUT2D eigenvalue weighted by atomic mass is 79.9. The van der Waals surface area contributed by atoms with Gasteiger partial charge in [0.25, 0.3) is 5.91 Å². The van der Waals surface area contributed by atoms with Crippen LogP contribution < -0.4 is 5.32 Å². The minimum absolute atomic E-state index is 0.0999. The highest BCUT2D eigenvalue weighted by Gasteiger charge is 2.16. The first-order valence-electron chi connectivity index (χ1n) is 5.65. The van der Waals surface area contributed by atoms with Gasteiger partial charge in [0.15, 0.2) is 0 Å². The van der Waals surface area contributed by atoms with Crippen LogP contribution in [0.5, 0.6) is 0 Å². The van der Waals surface area contributed by atoms with Crippen LogP contribution in [0.2, 0.25) is 0 Å². The minimum atomic E-state index is -0.117. The molecule has 1 atom stereocenters. The third-order valence-electron chi connectivity index (χ3n) is 2.53. The zero-order chi connectivity index (χ0) is 14.0. The molecule has 2 rings (SSSR count). The van der Waals surface area contributed by atoms with Gasteiger partial charge in [-0.25, -0.2) is 4.98 Å². The van der Waals surface area contributed by atoms with E-state index in [0.29, 0.717) is 5.56 Å². The quantitative estimate of drug-likeness (QED) is 0.821. The molecule has 1 amide bonds. The van der Waals surface area contributed by atoms with Gasteiger partial charge in [-0.2, -0.15) is 0 Å². The molecule has 0 saturated heterocycles. The molecule has 0 bridgehead atoms. The first-order chi connectivity index (χ1) is 8.97. The molecule has 19 heavy (non-hydrogen) atoms. The number of hydrogen-bond acceptors (Lipinski definition) is 3. The van der Waals surface area contributed by atoms with Gasteiger partial charge in [-0.05, 0) is 48.0 Å². The number of carbonyl (C=O) groups is 1. The van der Waals surface area contributed by atoms with E-state index in [1.165, 1.54) is 0 Å². The molecule has 1 aromatic carbocycles. The number of thiazole rings is 1. The number of hydrogen-bond donors (Lipinski definition) is 1. The Kier molecular flexibility index (Phi) is 4.76. The molecule has 0 spiro atoms. The Hall–Kier alpha value is -0.720.